The highest BCUT2D eigenvalue weighted by atomic mass is 79.9. The molecule has 2 aromatic rings. The molecular weight excluding hydrogens is 390 g/mol. The predicted molar refractivity (Wildman–Crippen MR) is 95.2 cm³/mol. The molecule has 1 unspecified atom stereocenters. The Hall–Kier alpha value is -2.38. The van der Waals surface area contributed by atoms with Crippen molar-refractivity contribution in [3.05, 3.63) is 52.0 Å². The van der Waals surface area contributed by atoms with Crippen LogP contribution in [0.3, 0.4) is 0 Å². The third kappa shape index (κ3) is 3.01. The zero-order chi connectivity index (χ0) is 18.2. The van der Waals surface area contributed by atoms with Gasteiger partial charge in [0.25, 0.3) is 5.91 Å². The summed E-state index contributed by atoms with van der Waals surface area (Å²) in [5.74, 6) is -0.169. The van der Waals surface area contributed by atoms with E-state index in [9.17, 15) is 14.7 Å². The summed E-state index contributed by atoms with van der Waals surface area (Å²) in [4.78, 5) is 25.0. The number of aliphatic hydroxyl groups is 1. The lowest BCUT2D eigenvalue weighted by molar-refractivity contribution is -0.133. The molecular formula is C18H16BrNO5. The van der Waals surface area contributed by atoms with Crippen LogP contribution in [-0.2, 0) is 10.4 Å². The highest BCUT2D eigenvalue weighted by molar-refractivity contribution is 9.10. The summed E-state index contributed by atoms with van der Waals surface area (Å²) in [5.41, 5.74) is -0.786. The van der Waals surface area contributed by atoms with Crippen molar-refractivity contribution in [2.24, 2.45) is 0 Å². The second kappa shape index (κ2) is 6.50. The number of carbonyl (C=O) groups is 2. The number of rotatable bonds is 5. The Morgan fingerprint density at radius 2 is 1.96 bits per heavy atom. The summed E-state index contributed by atoms with van der Waals surface area (Å²) in [6, 6.07) is 9.78. The molecule has 1 aliphatic heterocycles. The number of anilines is 1. The molecule has 130 valence electrons. The number of carbonyl (C=O) groups excluding carboxylic acids is 2. The van der Waals surface area contributed by atoms with Gasteiger partial charge in [0.2, 0.25) is 0 Å². The van der Waals surface area contributed by atoms with Crippen molar-refractivity contribution >= 4 is 33.3 Å². The van der Waals surface area contributed by atoms with Gasteiger partial charge in [-0.15, -0.1) is 0 Å². The predicted octanol–water partition coefficient (Wildman–Crippen LogP) is 2.88. The van der Waals surface area contributed by atoms with Crippen LogP contribution in [0.1, 0.15) is 22.3 Å². The minimum atomic E-state index is -1.92. The summed E-state index contributed by atoms with van der Waals surface area (Å²) in [6.45, 7) is 0. The van der Waals surface area contributed by atoms with Crippen LogP contribution in [0.4, 0.5) is 5.69 Å². The molecule has 0 aromatic heterocycles. The van der Waals surface area contributed by atoms with Gasteiger partial charge in [-0.2, -0.15) is 0 Å². The Balaban J connectivity index is 1.95. The van der Waals surface area contributed by atoms with E-state index in [2.05, 4.69) is 21.2 Å². The lowest BCUT2D eigenvalue weighted by Gasteiger charge is -2.20. The van der Waals surface area contributed by atoms with Gasteiger partial charge in [-0.25, -0.2) is 0 Å². The van der Waals surface area contributed by atoms with E-state index in [0.717, 1.165) is 4.47 Å². The van der Waals surface area contributed by atoms with Gasteiger partial charge >= 0.3 is 0 Å². The summed E-state index contributed by atoms with van der Waals surface area (Å²) in [5, 5.41) is 13.5. The first-order chi connectivity index (χ1) is 11.9. The first-order valence-corrected chi connectivity index (χ1v) is 8.27. The number of hydrogen-bond donors (Lipinski definition) is 2. The maximum absolute atomic E-state index is 12.7. The Kier molecular flexibility index (Phi) is 4.53. The Bertz CT molecular complexity index is 867. The fourth-order valence-electron chi connectivity index (χ4n) is 2.86. The molecule has 0 saturated carbocycles. The fourth-order valence-corrected chi connectivity index (χ4v) is 3.22. The largest absolute Gasteiger partial charge is 0.497 e. The number of hydrogen-bond acceptors (Lipinski definition) is 5. The van der Waals surface area contributed by atoms with Gasteiger partial charge in [0.05, 0.1) is 26.2 Å². The quantitative estimate of drug-likeness (QED) is 0.747. The van der Waals surface area contributed by atoms with Gasteiger partial charge in [-0.05, 0) is 24.3 Å². The highest BCUT2D eigenvalue weighted by Gasteiger charge is 2.47. The normalized spacial score (nSPS) is 18.5. The van der Waals surface area contributed by atoms with Crippen LogP contribution in [0, 0.1) is 0 Å². The number of amides is 1. The van der Waals surface area contributed by atoms with Gasteiger partial charge in [0, 0.05) is 21.8 Å². The molecule has 0 bridgehead atoms. The number of ketones is 1. The van der Waals surface area contributed by atoms with Gasteiger partial charge in [0.1, 0.15) is 11.5 Å². The highest BCUT2D eigenvalue weighted by Crippen LogP contribution is 2.41. The standard InChI is InChI=1S/C18H16BrNO5/c1-24-11-4-5-12(16(8-11)25-2)15(21)9-18(23)13-6-3-10(19)7-14(13)20-17(18)22/h3-8,23H,9H2,1-2H3,(H,20,22). The van der Waals surface area contributed by atoms with E-state index in [1.54, 1.807) is 36.4 Å². The van der Waals surface area contributed by atoms with Crippen LogP contribution in [0.5, 0.6) is 11.5 Å². The third-order valence-electron chi connectivity index (χ3n) is 4.18. The molecule has 1 amide bonds. The Morgan fingerprint density at radius 3 is 2.64 bits per heavy atom. The van der Waals surface area contributed by atoms with Crippen LogP contribution in [0.2, 0.25) is 0 Å². The van der Waals surface area contributed by atoms with Crippen LogP contribution in [0.15, 0.2) is 40.9 Å². The lowest BCUT2D eigenvalue weighted by atomic mass is 9.88. The number of nitrogens with one attached hydrogen (secondary N) is 1. The number of ether oxygens (including phenoxy) is 2. The van der Waals surface area contributed by atoms with E-state index in [-0.39, 0.29) is 5.56 Å². The van der Waals surface area contributed by atoms with Crippen LogP contribution in [-0.4, -0.2) is 31.0 Å². The first-order valence-electron chi connectivity index (χ1n) is 7.48. The number of fused-ring (bicyclic) bond motifs is 1. The van der Waals surface area contributed by atoms with Crippen molar-refractivity contribution in [3.63, 3.8) is 0 Å². The van der Waals surface area contributed by atoms with E-state index in [0.29, 0.717) is 22.7 Å². The summed E-state index contributed by atoms with van der Waals surface area (Å²) < 4.78 is 11.1. The molecule has 0 aliphatic carbocycles. The second-order valence-corrected chi connectivity index (χ2v) is 6.59. The monoisotopic (exact) mass is 405 g/mol. The number of methoxy groups -OCH3 is 2. The van der Waals surface area contributed by atoms with Crippen molar-refractivity contribution in [1.29, 1.82) is 0 Å². The topological polar surface area (TPSA) is 84.9 Å². The van der Waals surface area contributed by atoms with E-state index in [1.165, 1.54) is 14.2 Å². The second-order valence-electron chi connectivity index (χ2n) is 5.67. The van der Waals surface area contributed by atoms with Crippen LogP contribution in [0.25, 0.3) is 0 Å². The molecule has 7 heteroatoms. The van der Waals surface area contributed by atoms with Crippen LogP contribution < -0.4 is 14.8 Å². The molecule has 1 aliphatic rings. The van der Waals surface area contributed by atoms with Crippen molar-refractivity contribution in [2.75, 3.05) is 19.5 Å². The number of halogens is 1. The SMILES string of the molecule is COc1ccc(C(=O)CC2(O)C(=O)Nc3cc(Br)ccc32)c(OC)c1. The molecule has 0 saturated heterocycles. The van der Waals surface area contributed by atoms with Crippen molar-refractivity contribution < 1.29 is 24.2 Å². The molecule has 1 atom stereocenters. The smallest absolute Gasteiger partial charge is 0.261 e. The zero-order valence-electron chi connectivity index (χ0n) is 13.6. The fraction of sp³-hybridized carbons (Fsp3) is 0.222. The molecule has 0 radical (unpaired) electrons. The van der Waals surface area contributed by atoms with Gasteiger partial charge in [-0.3, -0.25) is 9.59 Å². The van der Waals surface area contributed by atoms with Crippen molar-refractivity contribution in [3.8, 4) is 11.5 Å². The van der Waals surface area contributed by atoms with Crippen molar-refractivity contribution in [1.82, 2.24) is 0 Å². The molecule has 25 heavy (non-hydrogen) atoms. The Morgan fingerprint density at radius 1 is 1.20 bits per heavy atom. The van der Waals surface area contributed by atoms with E-state index < -0.39 is 23.7 Å². The minimum Gasteiger partial charge on any atom is -0.497 e. The van der Waals surface area contributed by atoms with Gasteiger partial charge in [0.15, 0.2) is 11.4 Å². The zero-order valence-corrected chi connectivity index (χ0v) is 15.2. The molecule has 0 fully saturated rings. The van der Waals surface area contributed by atoms with Crippen LogP contribution >= 0.6 is 15.9 Å². The molecule has 0 spiro atoms. The minimum absolute atomic E-state index is 0.273. The van der Waals surface area contributed by atoms with E-state index in [4.69, 9.17) is 9.47 Å². The van der Waals surface area contributed by atoms with Crippen molar-refractivity contribution in [2.45, 2.75) is 12.0 Å². The van der Waals surface area contributed by atoms with Gasteiger partial charge < -0.3 is 19.9 Å². The average molecular weight is 406 g/mol. The third-order valence-corrected chi connectivity index (χ3v) is 4.67. The summed E-state index contributed by atoms with van der Waals surface area (Å²) in [6.07, 6.45) is -0.393. The molecule has 1 heterocycles. The van der Waals surface area contributed by atoms with E-state index in [1.807, 2.05) is 0 Å². The maximum atomic E-state index is 12.7. The maximum Gasteiger partial charge on any atom is 0.261 e. The molecule has 6 nitrogen and oxygen atoms in total. The first kappa shape index (κ1) is 17.4. The Labute approximate surface area is 152 Å². The molecule has 2 N–H and O–H groups in total. The van der Waals surface area contributed by atoms with Gasteiger partial charge in [-0.1, -0.05) is 22.0 Å². The average Bonchev–Trinajstić information content (AvgIpc) is 2.83. The molecule has 3 rings (SSSR count). The summed E-state index contributed by atoms with van der Waals surface area (Å²) >= 11 is 3.31. The summed E-state index contributed by atoms with van der Waals surface area (Å²) in [7, 11) is 2.95. The lowest BCUT2D eigenvalue weighted by Crippen LogP contribution is -2.36. The molecule has 2 aromatic carbocycles. The number of benzene rings is 2. The van der Waals surface area contributed by atoms with E-state index >= 15 is 0 Å². The number of Topliss-reactive ketones (excluding diaryl/α,β-unsaturated/α-hetero) is 1.